The van der Waals surface area contributed by atoms with Crippen LogP contribution in [-0.2, 0) is 0 Å². The summed E-state index contributed by atoms with van der Waals surface area (Å²) >= 11 is 0. The summed E-state index contributed by atoms with van der Waals surface area (Å²) in [7, 11) is 0. The summed E-state index contributed by atoms with van der Waals surface area (Å²) in [5.41, 5.74) is 0.657. The van der Waals surface area contributed by atoms with Gasteiger partial charge >= 0.3 is 0 Å². The van der Waals surface area contributed by atoms with Crippen molar-refractivity contribution in [3.8, 4) is 24.7 Å². The highest BCUT2D eigenvalue weighted by atomic mass is 16.3. The normalized spacial score (nSPS) is 30.4. The molecule has 0 aromatic carbocycles. The summed E-state index contributed by atoms with van der Waals surface area (Å²) in [4.78, 5) is 0. The molecule has 0 spiro atoms. The van der Waals surface area contributed by atoms with Crippen molar-refractivity contribution in [2.24, 2.45) is 0 Å². The van der Waals surface area contributed by atoms with Crippen LogP contribution in [0.5, 0.6) is 0 Å². The van der Waals surface area contributed by atoms with Crippen LogP contribution in [-0.4, -0.2) is 22.4 Å². The van der Waals surface area contributed by atoms with Gasteiger partial charge in [-0.2, -0.15) is 0 Å². The van der Waals surface area contributed by atoms with E-state index in [0.29, 0.717) is 11.1 Å². The number of hydrogen-bond donors (Lipinski definition) is 2. The lowest BCUT2D eigenvalue weighted by Gasteiger charge is -2.28. The van der Waals surface area contributed by atoms with Crippen LogP contribution < -0.4 is 0 Å². The van der Waals surface area contributed by atoms with Crippen LogP contribution in [0.3, 0.4) is 0 Å². The van der Waals surface area contributed by atoms with E-state index in [-0.39, 0.29) is 0 Å². The van der Waals surface area contributed by atoms with Gasteiger partial charge in [0, 0.05) is 11.1 Å². The van der Waals surface area contributed by atoms with Crippen molar-refractivity contribution in [2.45, 2.75) is 12.2 Å². The van der Waals surface area contributed by atoms with E-state index in [0.717, 1.165) is 0 Å². The summed E-state index contributed by atoms with van der Waals surface area (Å²) in [5, 5.41) is 17.9. The molecule has 2 unspecified atom stereocenters. The van der Waals surface area contributed by atoms with E-state index in [1.54, 1.807) is 0 Å². The molecular formula is C8H6O2. The summed E-state index contributed by atoms with van der Waals surface area (Å²) in [6, 6.07) is 0. The third kappa shape index (κ3) is 0.642. The predicted octanol–water partition coefficient (Wildman–Crippen LogP) is -0.715. The first-order valence-electron chi connectivity index (χ1n) is 2.75. The Kier molecular flexibility index (Phi) is 1.51. The first-order valence-corrected chi connectivity index (χ1v) is 2.75. The smallest absolute Gasteiger partial charge is 0.118 e. The fraction of sp³-hybridized carbons (Fsp3) is 0.250. The third-order valence-electron chi connectivity index (χ3n) is 1.49. The minimum atomic E-state index is -0.948. The Bertz CT molecular complexity index is 234. The number of aliphatic hydroxyl groups is 2. The highest BCUT2D eigenvalue weighted by Crippen LogP contribution is 2.27. The second kappa shape index (κ2) is 2.19. The topological polar surface area (TPSA) is 40.5 Å². The van der Waals surface area contributed by atoms with Gasteiger partial charge in [0.25, 0.3) is 0 Å². The Morgan fingerprint density at radius 1 is 1.00 bits per heavy atom. The Balaban J connectivity index is 3.00. The number of hydrogen-bond acceptors (Lipinski definition) is 2. The first-order chi connectivity index (χ1) is 4.72. The average Bonchev–Trinajstić information content (AvgIpc) is 1.97. The summed E-state index contributed by atoms with van der Waals surface area (Å²) in [5.74, 6) is 4.42. The van der Waals surface area contributed by atoms with E-state index in [2.05, 4.69) is 11.8 Å². The number of terminal acetylenes is 2. The van der Waals surface area contributed by atoms with Gasteiger partial charge in [0.1, 0.15) is 12.2 Å². The van der Waals surface area contributed by atoms with Crippen LogP contribution in [0.1, 0.15) is 0 Å². The van der Waals surface area contributed by atoms with Gasteiger partial charge in [0.05, 0.1) is 0 Å². The molecule has 0 aliphatic heterocycles. The molecule has 2 N–H and O–H groups in total. The molecular weight excluding hydrogens is 128 g/mol. The summed E-state index contributed by atoms with van der Waals surface area (Å²) in [6.07, 6.45) is 8.06. The van der Waals surface area contributed by atoms with Crippen molar-refractivity contribution in [1.82, 2.24) is 0 Å². The lowest BCUT2D eigenvalue weighted by molar-refractivity contribution is 0.0460. The minimum Gasteiger partial charge on any atom is -0.385 e. The summed E-state index contributed by atoms with van der Waals surface area (Å²) < 4.78 is 0. The molecule has 0 radical (unpaired) electrons. The van der Waals surface area contributed by atoms with Crippen LogP contribution in [0.2, 0.25) is 0 Å². The maximum absolute atomic E-state index is 8.93. The molecule has 2 atom stereocenters. The molecule has 0 bridgehead atoms. The number of aliphatic hydroxyl groups excluding tert-OH is 2. The van der Waals surface area contributed by atoms with Crippen LogP contribution >= 0.6 is 0 Å². The first kappa shape index (κ1) is 6.89. The standard InChI is InChI=1S/C8H6O2/c1-3-5-6(4-2)8(10)7(5)9/h1-2,7-10H. The molecule has 1 aliphatic carbocycles. The monoisotopic (exact) mass is 134 g/mol. The molecule has 50 valence electrons. The summed E-state index contributed by atoms with van der Waals surface area (Å²) in [6.45, 7) is 0. The second-order valence-electron chi connectivity index (χ2n) is 2.01. The van der Waals surface area contributed by atoms with E-state index < -0.39 is 12.2 Å². The molecule has 0 saturated heterocycles. The van der Waals surface area contributed by atoms with Crippen molar-refractivity contribution in [2.75, 3.05) is 0 Å². The molecule has 0 aromatic rings. The molecule has 1 aliphatic rings. The van der Waals surface area contributed by atoms with Crippen LogP contribution in [0.4, 0.5) is 0 Å². The third-order valence-corrected chi connectivity index (χ3v) is 1.49. The highest BCUT2D eigenvalue weighted by Gasteiger charge is 2.35. The van der Waals surface area contributed by atoms with Gasteiger partial charge in [-0.3, -0.25) is 0 Å². The fourth-order valence-corrected chi connectivity index (χ4v) is 0.864. The van der Waals surface area contributed by atoms with E-state index >= 15 is 0 Å². The molecule has 2 nitrogen and oxygen atoms in total. The zero-order valence-corrected chi connectivity index (χ0v) is 5.20. The minimum absolute atomic E-state index is 0.329. The van der Waals surface area contributed by atoms with Gasteiger partial charge < -0.3 is 10.2 Å². The zero-order valence-electron chi connectivity index (χ0n) is 5.20. The van der Waals surface area contributed by atoms with Crippen molar-refractivity contribution in [3.05, 3.63) is 11.1 Å². The molecule has 0 fully saturated rings. The van der Waals surface area contributed by atoms with Crippen molar-refractivity contribution < 1.29 is 10.2 Å². The maximum atomic E-state index is 8.93. The molecule has 0 amide bonds. The van der Waals surface area contributed by atoms with E-state index in [1.165, 1.54) is 0 Å². The van der Waals surface area contributed by atoms with Gasteiger partial charge in [-0.1, -0.05) is 11.8 Å². The molecule has 0 aromatic heterocycles. The van der Waals surface area contributed by atoms with Gasteiger partial charge in [0.2, 0.25) is 0 Å². The van der Waals surface area contributed by atoms with Crippen LogP contribution in [0.15, 0.2) is 11.1 Å². The van der Waals surface area contributed by atoms with Gasteiger partial charge in [-0.05, 0) is 0 Å². The average molecular weight is 134 g/mol. The van der Waals surface area contributed by atoms with Crippen molar-refractivity contribution in [3.63, 3.8) is 0 Å². The Hall–Kier alpha value is -1.22. The molecule has 0 saturated carbocycles. The Morgan fingerprint density at radius 2 is 1.30 bits per heavy atom. The van der Waals surface area contributed by atoms with Crippen molar-refractivity contribution in [1.29, 1.82) is 0 Å². The predicted molar refractivity (Wildman–Crippen MR) is 36.7 cm³/mol. The molecule has 2 heteroatoms. The lowest BCUT2D eigenvalue weighted by Crippen LogP contribution is -2.39. The fourth-order valence-electron chi connectivity index (χ4n) is 0.864. The van der Waals surface area contributed by atoms with Crippen LogP contribution in [0.25, 0.3) is 0 Å². The quantitative estimate of drug-likeness (QED) is 0.429. The van der Waals surface area contributed by atoms with Gasteiger partial charge in [-0.25, -0.2) is 0 Å². The highest BCUT2D eigenvalue weighted by molar-refractivity contribution is 5.54. The molecule has 0 heterocycles. The van der Waals surface area contributed by atoms with Crippen molar-refractivity contribution >= 4 is 0 Å². The molecule has 1 rings (SSSR count). The van der Waals surface area contributed by atoms with E-state index in [4.69, 9.17) is 23.1 Å². The largest absolute Gasteiger partial charge is 0.385 e. The van der Waals surface area contributed by atoms with Crippen LogP contribution in [0, 0.1) is 24.7 Å². The van der Waals surface area contributed by atoms with E-state index in [1.807, 2.05) is 0 Å². The maximum Gasteiger partial charge on any atom is 0.118 e. The Labute approximate surface area is 59.2 Å². The van der Waals surface area contributed by atoms with Gasteiger partial charge in [0.15, 0.2) is 0 Å². The SMILES string of the molecule is C#CC1=C(C#C)C(O)C1O. The number of rotatable bonds is 0. The zero-order chi connectivity index (χ0) is 7.72. The molecule has 10 heavy (non-hydrogen) atoms. The lowest BCUT2D eigenvalue weighted by atomic mass is 9.83. The Morgan fingerprint density at radius 3 is 1.50 bits per heavy atom. The van der Waals surface area contributed by atoms with Gasteiger partial charge in [-0.15, -0.1) is 12.8 Å². The van der Waals surface area contributed by atoms with E-state index in [9.17, 15) is 0 Å². The second-order valence-corrected chi connectivity index (χ2v) is 2.01.